The van der Waals surface area contributed by atoms with Gasteiger partial charge in [0.05, 0.1) is 11.7 Å². The highest BCUT2D eigenvalue weighted by Crippen LogP contribution is 2.22. The molecule has 1 aromatic carbocycles. The molecule has 0 fully saturated rings. The van der Waals surface area contributed by atoms with E-state index in [2.05, 4.69) is 15.0 Å². The fourth-order valence-electron chi connectivity index (χ4n) is 1.46. The first-order valence-electron chi connectivity index (χ1n) is 4.77. The molecular weight excluding hydrogens is 244 g/mol. The lowest BCUT2D eigenvalue weighted by atomic mass is 10.0. The predicted molar refractivity (Wildman–Crippen MR) is 65.1 cm³/mol. The van der Waals surface area contributed by atoms with E-state index in [9.17, 15) is 0 Å². The van der Waals surface area contributed by atoms with E-state index in [0.29, 0.717) is 6.42 Å². The molecular formula is C10H11ClN4S. The summed E-state index contributed by atoms with van der Waals surface area (Å²) in [7, 11) is 0. The Labute approximate surface area is 103 Å². The van der Waals surface area contributed by atoms with Crippen LogP contribution in [0.3, 0.4) is 0 Å². The molecule has 0 amide bonds. The van der Waals surface area contributed by atoms with E-state index in [-0.39, 0.29) is 6.04 Å². The molecule has 1 atom stereocenters. The van der Waals surface area contributed by atoms with Crippen LogP contribution in [0.15, 0.2) is 29.6 Å². The summed E-state index contributed by atoms with van der Waals surface area (Å²) in [5.74, 6) is 5.51. The van der Waals surface area contributed by atoms with Gasteiger partial charge in [-0.3, -0.25) is 11.3 Å². The van der Waals surface area contributed by atoms with Crippen molar-refractivity contribution in [1.29, 1.82) is 0 Å². The third-order valence-corrected chi connectivity index (χ3v) is 3.21. The standard InChI is InChI=1S/C10H11ClN4S/c11-8-4-2-1-3-7(8)5-9(13-12)10-6-16-15-14-10/h1-4,6,9,13H,5,12H2. The molecule has 1 heterocycles. The summed E-state index contributed by atoms with van der Waals surface area (Å²) >= 11 is 7.39. The van der Waals surface area contributed by atoms with E-state index >= 15 is 0 Å². The second-order valence-electron chi connectivity index (χ2n) is 3.34. The van der Waals surface area contributed by atoms with Gasteiger partial charge in [0.15, 0.2) is 0 Å². The first-order chi connectivity index (χ1) is 7.81. The zero-order valence-electron chi connectivity index (χ0n) is 8.43. The number of nitrogens with zero attached hydrogens (tertiary/aromatic N) is 2. The van der Waals surface area contributed by atoms with Crippen LogP contribution in [-0.2, 0) is 6.42 Å². The third kappa shape index (κ3) is 2.56. The summed E-state index contributed by atoms with van der Waals surface area (Å²) in [5, 5.41) is 6.61. The summed E-state index contributed by atoms with van der Waals surface area (Å²) in [6, 6.07) is 7.64. The maximum absolute atomic E-state index is 6.08. The normalized spacial score (nSPS) is 12.6. The molecule has 16 heavy (non-hydrogen) atoms. The molecule has 6 heteroatoms. The fourth-order valence-corrected chi connectivity index (χ4v) is 2.18. The van der Waals surface area contributed by atoms with Gasteiger partial charge < -0.3 is 0 Å². The zero-order chi connectivity index (χ0) is 11.4. The number of halogens is 1. The number of rotatable bonds is 4. The minimum atomic E-state index is -0.0568. The predicted octanol–water partition coefficient (Wildman–Crippen LogP) is 1.94. The van der Waals surface area contributed by atoms with Crippen molar-refractivity contribution in [1.82, 2.24) is 15.0 Å². The molecule has 0 aliphatic rings. The van der Waals surface area contributed by atoms with Crippen LogP contribution in [0.5, 0.6) is 0 Å². The van der Waals surface area contributed by atoms with Crippen molar-refractivity contribution >= 4 is 23.1 Å². The fraction of sp³-hybridized carbons (Fsp3) is 0.200. The summed E-state index contributed by atoms with van der Waals surface area (Å²) in [6.45, 7) is 0. The largest absolute Gasteiger partial charge is 0.271 e. The minimum absolute atomic E-state index is 0.0568. The lowest BCUT2D eigenvalue weighted by Gasteiger charge is -2.13. The van der Waals surface area contributed by atoms with Crippen molar-refractivity contribution < 1.29 is 0 Å². The lowest BCUT2D eigenvalue weighted by Crippen LogP contribution is -2.29. The molecule has 0 spiro atoms. The Hall–Kier alpha value is -1.01. The Balaban J connectivity index is 2.17. The van der Waals surface area contributed by atoms with Crippen molar-refractivity contribution in [2.45, 2.75) is 12.5 Å². The molecule has 2 aromatic rings. The topological polar surface area (TPSA) is 63.8 Å². The van der Waals surface area contributed by atoms with Crippen LogP contribution in [-0.4, -0.2) is 9.59 Å². The number of benzene rings is 1. The minimum Gasteiger partial charge on any atom is -0.271 e. The number of nitrogens with one attached hydrogen (secondary N) is 1. The third-order valence-electron chi connectivity index (χ3n) is 2.32. The number of nitrogens with two attached hydrogens (primary N) is 1. The lowest BCUT2D eigenvalue weighted by molar-refractivity contribution is 0.537. The van der Waals surface area contributed by atoms with Crippen LogP contribution >= 0.6 is 23.1 Å². The molecule has 0 saturated heterocycles. The monoisotopic (exact) mass is 254 g/mol. The van der Waals surface area contributed by atoms with Crippen LogP contribution in [0.2, 0.25) is 5.02 Å². The van der Waals surface area contributed by atoms with Crippen LogP contribution in [0, 0.1) is 0 Å². The van der Waals surface area contributed by atoms with E-state index in [1.54, 1.807) is 0 Å². The molecule has 0 radical (unpaired) electrons. The summed E-state index contributed by atoms with van der Waals surface area (Å²) in [5.41, 5.74) is 4.61. The number of hydrogen-bond acceptors (Lipinski definition) is 5. The Kier molecular flexibility index (Phi) is 3.84. The van der Waals surface area contributed by atoms with Crippen molar-refractivity contribution in [3.63, 3.8) is 0 Å². The molecule has 4 nitrogen and oxygen atoms in total. The molecule has 1 unspecified atom stereocenters. The quantitative estimate of drug-likeness (QED) is 0.647. The maximum atomic E-state index is 6.08. The highest BCUT2D eigenvalue weighted by Gasteiger charge is 2.14. The Bertz CT molecular complexity index is 446. The molecule has 0 aliphatic carbocycles. The highest BCUT2D eigenvalue weighted by molar-refractivity contribution is 7.03. The molecule has 0 aliphatic heterocycles. The maximum Gasteiger partial charge on any atom is 0.0941 e. The van der Waals surface area contributed by atoms with Gasteiger partial charge in [0.1, 0.15) is 0 Å². The van der Waals surface area contributed by atoms with Gasteiger partial charge >= 0.3 is 0 Å². The zero-order valence-corrected chi connectivity index (χ0v) is 10.0. The average Bonchev–Trinajstić information content (AvgIpc) is 2.81. The van der Waals surface area contributed by atoms with E-state index in [4.69, 9.17) is 17.4 Å². The van der Waals surface area contributed by atoms with E-state index in [1.165, 1.54) is 11.5 Å². The van der Waals surface area contributed by atoms with Crippen molar-refractivity contribution in [2.75, 3.05) is 0 Å². The Morgan fingerprint density at radius 1 is 1.44 bits per heavy atom. The van der Waals surface area contributed by atoms with Crippen LogP contribution in [0.1, 0.15) is 17.3 Å². The molecule has 1 aromatic heterocycles. The Morgan fingerprint density at radius 3 is 2.88 bits per heavy atom. The smallest absolute Gasteiger partial charge is 0.0941 e. The van der Waals surface area contributed by atoms with Gasteiger partial charge in [-0.1, -0.05) is 34.3 Å². The summed E-state index contributed by atoms with van der Waals surface area (Å²) in [4.78, 5) is 0. The summed E-state index contributed by atoms with van der Waals surface area (Å²) in [6.07, 6.45) is 0.696. The van der Waals surface area contributed by atoms with Crippen LogP contribution in [0.25, 0.3) is 0 Å². The van der Waals surface area contributed by atoms with Gasteiger partial charge in [-0.2, -0.15) is 0 Å². The van der Waals surface area contributed by atoms with Gasteiger partial charge in [0, 0.05) is 10.4 Å². The Morgan fingerprint density at radius 2 is 2.25 bits per heavy atom. The highest BCUT2D eigenvalue weighted by atomic mass is 35.5. The number of hydrazine groups is 1. The first-order valence-corrected chi connectivity index (χ1v) is 5.99. The van der Waals surface area contributed by atoms with Crippen LogP contribution < -0.4 is 11.3 Å². The number of aromatic nitrogens is 2. The van der Waals surface area contributed by atoms with Crippen molar-refractivity contribution in [3.8, 4) is 0 Å². The van der Waals surface area contributed by atoms with Crippen LogP contribution in [0.4, 0.5) is 0 Å². The second kappa shape index (κ2) is 5.36. The number of hydrogen-bond donors (Lipinski definition) is 2. The summed E-state index contributed by atoms with van der Waals surface area (Å²) < 4.78 is 3.82. The van der Waals surface area contributed by atoms with E-state index in [1.807, 2.05) is 29.6 Å². The van der Waals surface area contributed by atoms with E-state index < -0.39 is 0 Å². The van der Waals surface area contributed by atoms with Gasteiger partial charge in [-0.15, -0.1) is 5.10 Å². The molecule has 0 bridgehead atoms. The van der Waals surface area contributed by atoms with Crippen molar-refractivity contribution in [2.24, 2.45) is 5.84 Å². The van der Waals surface area contributed by atoms with Gasteiger partial charge in [0.2, 0.25) is 0 Å². The molecule has 3 N–H and O–H groups in total. The second-order valence-corrected chi connectivity index (χ2v) is 4.36. The molecule has 2 rings (SSSR count). The van der Waals surface area contributed by atoms with Gasteiger partial charge in [0.25, 0.3) is 0 Å². The molecule has 0 saturated carbocycles. The molecule has 84 valence electrons. The average molecular weight is 255 g/mol. The van der Waals surface area contributed by atoms with E-state index in [0.717, 1.165) is 16.3 Å². The van der Waals surface area contributed by atoms with Crippen molar-refractivity contribution in [3.05, 3.63) is 45.9 Å². The first kappa shape index (κ1) is 11.5. The van der Waals surface area contributed by atoms with Gasteiger partial charge in [-0.25, -0.2) is 0 Å². The SMILES string of the molecule is NNC(Cc1ccccc1Cl)c1csnn1. The van der Waals surface area contributed by atoms with Gasteiger partial charge in [-0.05, 0) is 29.6 Å².